The molecule has 0 radical (unpaired) electrons. The van der Waals surface area contributed by atoms with Crippen LogP contribution in [0.2, 0.25) is 0 Å². The number of halogens is 2. The summed E-state index contributed by atoms with van der Waals surface area (Å²) < 4.78 is 33.2. The number of allylic oxidation sites excluding steroid dienone is 2. The minimum atomic E-state index is -0.924. The maximum absolute atomic E-state index is 14.0. The fourth-order valence-corrected chi connectivity index (χ4v) is 4.34. The first-order valence-electron chi connectivity index (χ1n) is 7.96. The molecule has 1 aliphatic heterocycles. The van der Waals surface area contributed by atoms with E-state index in [4.69, 9.17) is 10.1 Å². The Balaban J connectivity index is 1.99. The predicted octanol–water partition coefficient (Wildman–Crippen LogP) is 3.88. The van der Waals surface area contributed by atoms with Crippen molar-refractivity contribution in [2.45, 2.75) is 31.1 Å². The Morgan fingerprint density at radius 1 is 1.40 bits per heavy atom. The maximum atomic E-state index is 14.0. The Morgan fingerprint density at radius 2 is 2.20 bits per heavy atom. The Morgan fingerprint density at radius 3 is 2.96 bits per heavy atom. The van der Waals surface area contributed by atoms with E-state index in [-0.39, 0.29) is 16.5 Å². The van der Waals surface area contributed by atoms with Crippen LogP contribution in [0.15, 0.2) is 41.7 Å². The lowest BCUT2D eigenvalue weighted by molar-refractivity contribution is -0.119. The molecule has 0 spiro atoms. The lowest BCUT2D eigenvalue weighted by atomic mass is 9.93. The molecule has 1 aromatic carbocycles. The average molecular weight is 364 g/mol. The summed E-state index contributed by atoms with van der Waals surface area (Å²) in [4.78, 5) is 10.9. The van der Waals surface area contributed by atoms with Crippen molar-refractivity contribution < 1.29 is 18.3 Å². The Hall–Kier alpha value is -2.15. The number of rotatable bonds is 3. The Bertz CT molecular complexity index is 791. The van der Waals surface area contributed by atoms with E-state index in [1.807, 2.05) is 12.2 Å². The highest BCUT2D eigenvalue weighted by atomic mass is 32.2. The van der Waals surface area contributed by atoms with E-state index in [0.717, 1.165) is 54.1 Å². The van der Waals surface area contributed by atoms with Crippen LogP contribution < -0.4 is 5.32 Å². The van der Waals surface area contributed by atoms with Gasteiger partial charge in [0.05, 0.1) is 11.7 Å². The van der Waals surface area contributed by atoms with Gasteiger partial charge in [-0.05, 0) is 24.6 Å². The van der Waals surface area contributed by atoms with Crippen molar-refractivity contribution in [2.75, 3.05) is 6.61 Å². The van der Waals surface area contributed by atoms with Crippen LogP contribution in [0.4, 0.5) is 8.78 Å². The normalized spacial score (nSPS) is 22.2. The van der Waals surface area contributed by atoms with Gasteiger partial charge in [-0.25, -0.2) is 8.78 Å². The molecular weight excluding hydrogens is 346 g/mol. The average Bonchev–Trinajstić information content (AvgIpc) is 2.57. The van der Waals surface area contributed by atoms with Gasteiger partial charge in [0.2, 0.25) is 5.91 Å². The summed E-state index contributed by atoms with van der Waals surface area (Å²) in [5.41, 5.74) is 0.662. The van der Waals surface area contributed by atoms with Crippen molar-refractivity contribution in [1.82, 2.24) is 5.32 Å². The molecule has 2 N–H and O–H groups in total. The zero-order chi connectivity index (χ0) is 18.0. The Labute approximate surface area is 148 Å². The lowest BCUT2D eigenvalue weighted by Crippen LogP contribution is -2.50. The number of amides is 1. The van der Waals surface area contributed by atoms with E-state index in [0.29, 0.717) is 13.0 Å². The van der Waals surface area contributed by atoms with Crippen molar-refractivity contribution >= 4 is 22.7 Å². The molecule has 1 aliphatic carbocycles. The molecule has 132 valence electrons. The monoisotopic (exact) mass is 364 g/mol. The van der Waals surface area contributed by atoms with Gasteiger partial charge in [0.15, 0.2) is 0 Å². The number of hydrogen-bond acceptors (Lipinski definition) is 4. The van der Waals surface area contributed by atoms with Gasteiger partial charge in [-0.3, -0.25) is 10.2 Å². The second-order valence-corrected chi connectivity index (χ2v) is 7.25. The standard InChI is InChI=1S/C18H18F2N2O2S/c1-11(23)22-18(8-9-24-16-5-3-2-4-14(16)18)25-17(21)13-10-12(19)6-7-15(13)20/h2,4,6-7,10,21H,3,5,8-9H2,1H3,(H,22,23). The second kappa shape index (κ2) is 7.00. The van der Waals surface area contributed by atoms with Crippen molar-refractivity contribution in [3.63, 3.8) is 0 Å². The first-order valence-corrected chi connectivity index (χ1v) is 8.78. The zero-order valence-electron chi connectivity index (χ0n) is 13.7. The third kappa shape index (κ3) is 3.61. The van der Waals surface area contributed by atoms with Gasteiger partial charge in [0.25, 0.3) is 0 Å². The van der Waals surface area contributed by atoms with Crippen molar-refractivity contribution in [2.24, 2.45) is 0 Å². The molecule has 3 rings (SSSR count). The van der Waals surface area contributed by atoms with Gasteiger partial charge in [-0.15, -0.1) is 0 Å². The molecule has 1 amide bonds. The summed E-state index contributed by atoms with van der Waals surface area (Å²) in [6, 6.07) is 3.01. The highest BCUT2D eigenvalue weighted by Gasteiger charge is 2.42. The van der Waals surface area contributed by atoms with Crippen molar-refractivity contribution in [1.29, 1.82) is 5.41 Å². The molecule has 1 aromatic rings. The van der Waals surface area contributed by atoms with Crippen molar-refractivity contribution in [3.05, 3.63) is 58.9 Å². The number of carbonyl (C=O) groups is 1. The molecule has 1 heterocycles. The number of thioether (sulfide) groups is 1. The number of carbonyl (C=O) groups excluding carboxylic acids is 1. The maximum Gasteiger partial charge on any atom is 0.218 e. The fraction of sp³-hybridized carbons (Fsp3) is 0.333. The molecule has 4 nitrogen and oxygen atoms in total. The van der Waals surface area contributed by atoms with Crippen LogP contribution in [-0.2, 0) is 9.53 Å². The van der Waals surface area contributed by atoms with Crippen LogP contribution in [-0.4, -0.2) is 22.4 Å². The van der Waals surface area contributed by atoms with Gasteiger partial charge in [0.1, 0.15) is 22.3 Å². The third-order valence-electron chi connectivity index (χ3n) is 4.12. The summed E-state index contributed by atoms with van der Waals surface area (Å²) >= 11 is 1.01. The molecule has 7 heteroatoms. The van der Waals surface area contributed by atoms with Crippen LogP contribution in [0.1, 0.15) is 31.7 Å². The number of nitrogens with one attached hydrogen (secondary N) is 2. The van der Waals surface area contributed by atoms with E-state index in [1.165, 1.54) is 6.92 Å². The predicted molar refractivity (Wildman–Crippen MR) is 93.3 cm³/mol. The number of benzene rings is 1. The van der Waals surface area contributed by atoms with E-state index < -0.39 is 16.5 Å². The van der Waals surface area contributed by atoms with Gasteiger partial charge in [-0.1, -0.05) is 23.9 Å². The zero-order valence-corrected chi connectivity index (χ0v) is 14.5. The lowest BCUT2D eigenvalue weighted by Gasteiger charge is -2.40. The minimum Gasteiger partial charge on any atom is -0.497 e. The molecule has 0 bridgehead atoms. The summed E-state index contributed by atoms with van der Waals surface area (Å²) in [5, 5.41) is 11.1. The molecule has 0 saturated carbocycles. The summed E-state index contributed by atoms with van der Waals surface area (Å²) in [7, 11) is 0. The molecule has 2 aliphatic rings. The van der Waals surface area contributed by atoms with Gasteiger partial charge < -0.3 is 10.1 Å². The smallest absolute Gasteiger partial charge is 0.218 e. The Kier molecular flexibility index (Phi) is 4.94. The number of hydrogen-bond donors (Lipinski definition) is 2. The van der Waals surface area contributed by atoms with E-state index in [9.17, 15) is 13.6 Å². The minimum absolute atomic E-state index is 0.122. The van der Waals surface area contributed by atoms with Gasteiger partial charge in [0, 0.05) is 30.9 Å². The summed E-state index contributed by atoms with van der Waals surface area (Å²) in [6.45, 7) is 1.79. The van der Waals surface area contributed by atoms with Gasteiger partial charge in [-0.2, -0.15) is 0 Å². The van der Waals surface area contributed by atoms with Crippen LogP contribution in [0.25, 0.3) is 0 Å². The molecule has 25 heavy (non-hydrogen) atoms. The van der Waals surface area contributed by atoms with Crippen molar-refractivity contribution in [3.8, 4) is 0 Å². The largest absolute Gasteiger partial charge is 0.497 e. The molecule has 0 aromatic heterocycles. The van der Waals surface area contributed by atoms with E-state index in [2.05, 4.69) is 5.32 Å². The highest BCUT2D eigenvalue weighted by Crippen LogP contribution is 2.44. The quantitative estimate of drug-likeness (QED) is 0.486. The molecule has 1 unspecified atom stereocenters. The summed E-state index contributed by atoms with van der Waals surface area (Å²) in [5.74, 6) is -0.757. The molecule has 0 saturated heterocycles. The van der Waals surface area contributed by atoms with Crippen LogP contribution in [0, 0.1) is 17.0 Å². The second-order valence-electron chi connectivity index (χ2n) is 5.94. The summed E-state index contributed by atoms with van der Waals surface area (Å²) in [6.07, 6.45) is 5.86. The first kappa shape index (κ1) is 17.7. The molecule has 1 atom stereocenters. The van der Waals surface area contributed by atoms with Gasteiger partial charge >= 0.3 is 0 Å². The molecular formula is C18H18F2N2O2S. The third-order valence-corrected chi connectivity index (χ3v) is 5.41. The highest BCUT2D eigenvalue weighted by molar-refractivity contribution is 8.15. The van der Waals surface area contributed by atoms with Crippen LogP contribution >= 0.6 is 11.8 Å². The van der Waals surface area contributed by atoms with E-state index in [1.54, 1.807) is 0 Å². The SMILES string of the molecule is CC(=O)NC1(SC(=N)c2cc(F)ccc2F)CCOC2=C1C=CCC2. The van der Waals surface area contributed by atoms with Crippen LogP contribution in [0.3, 0.4) is 0 Å². The fourth-order valence-electron chi connectivity index (χ4n) is 3.05. The van der Waals surface area contributed by atoms with E-state index >= 15 is 0 Å². The molecule has 0 fully saturated rings. The topological polar surface area (TPSA) is 62.2 Å². The number of ether oxygens (including phenoxy) is 1. The first-order chi connectivity index (χ1) is 11.9. The van der Waals surface area contributed by atoms with Crippen LogP contribution in [0.5, 0.6) is 0 Å².